The molecule has 1 heterocycles. The zero-order valence-corrected chi connectivity index (χ0v) is 7.59. The third-order valence-electron chi connectivity index (χ3n) is 2.57. The van der Waals surface area contributed by atoms with Gasteiger partial charge in [0, 0.05) is 6.54 Å². The predicted octanol–water partition coefficient (Wildman–Crippen LogP) is 0.397. The Morgan fingerprint density at radius 3 is 2.40 bits per heavy atom. The van der Waals surface area contributed by atoms with Crippen molar-refractivity contribution < 1.29 is 4.48 Å². The molecule has 1 aliphatic rings. The highest BCUT2D eigenvalue weighted by atomic mass is 15.4. The van der Waals surface area contributed by atoms with Gasteiger partial charge in [-0.25, -0.2) is 0 Å². The van der Waals surface area contributed by atoms with Gasteiger partial charge >= 0.3 is 0 Å². The molecular formula is C8H19N2+. The van der Waals surface area contributed by atoms with E-state index in [0.717, 1.165) is 6.04 Å². The van der Waals surface area contributed by atoms with Crippen LogP contribution in [0.1, 0.15) is 6.92 Å². The second kappa shape index (κ2) is 2.51. The van der Waals surface area contributed by atoms with Gasteiger partial charge in [-0.1, -0.05) is 0 Å². The minimum absolute atomic E-state index is 0.753. The van der Waals surface area contributed by atoms with E-state index in [1.54, 1.807) is 0 Å². The second-order valence-electron chi connectivity index (χ2n) is 4.17. The van der Waals surface area contributed by atoms with Gasteiger partial charge in [-0.15, -0.1) is 0 Å². The zero-order valence-electron chi connectivity index (χ0n) is 7.59. The SMILES string of the molecule is CC1C[N+](C)(C)CCN1C. The molecule has 2 heteroatoms. The fourth-order valence-electron chi connectivity index (χ4n) is 1.59. The Balaban J connectivity index is 2.49. The van der Waals surface area contributed by atoms with Crippen LogP contribution in [0.3, 0.4) is 0 Å². The maximum atomic E-state index is 2.43. The summed E-state index contributed by atoms with van der Waals surface area (Å²) in [5.41, 5.74) is 0. The molecule has 1 saturated heterocycles. The first-order chi connectivity index (χ1) is 4.51. The summed E-state index contributed by atoms with van der Waals surface area (Å²) in [6.45, 7) is 6.13. The van der Waals surface area contributed by atoms with Gasteiger partial charge in [0.1, 0.15) is 0 Å². The molecule has 0 aromatic rings. The van der Waals surface area contributed by atoms with Crippen LogP contribution < -0.4 is 0 Å². The van der Waals surface area contributed by atoms with Crippen LogP contribution in [-0.4, -0.2) is 56.2 Å². The van der Waals surface area contributed by atoms with Crippen molar-refractivity contribution in [1.29, 1.82) is 0 Å². The Kier molecular flexibility index (Phi) is 2.02. The fraction of sp³-hybridized carbons (Fsp3) is 1.00. The Hall–Kier alpha value is -0.0800. The molecule has 0 aromatic heterocycles. The van der Waals surface area contributed by atoms with E-state index in [1.165, 1.54) is 24.1 Å². The molecule has 0 saturated carbocycles. The lowest BCUT2D eigenvalue weighted by atomic mass is 10.2. The molecule has 1 rings (SSSR count). The zero-order chi connectivity index (χ0) is 7.78. The maximum Gasteiger partial charge on any atom is 0.0938 e. The van der Waals surface area contributed by atoms with E-state index >= 15 is 0 Å². The summed E-state index contributed by atoms with van der Waals surface area (Å²) >= 11 is 0. The van der Waals surface area contributed by atoms with Crippen molar-refractivity contribution in [3.63, 3.8) is 0 Å². The predicted molar refractivity (Wildman–Crippen MR) is 43.9 cm³/mol. The van der Waals surface area contributed by atoms with Gasteiger partial charge < -0.3 is 4.48 Å². The van der Waals surface area contributed by atoms with Gasteiger partial charge in [-0.3, -0.25) is 4.90 Å². The first-order valence-corrected chi connectivity index (χ1v) is 4.03. The number of quaternary nitrogens is 1. The number of likely N-dealkylation sites (N-methyl/N-ethyl adjacent to an activating group) is 2. The largest absolute Gasteiger partial charge is 0.326 e. The Bertz CT molecular complexity index is 120. The molecule has 2 nitrogen and oxygen atoms in total. The average Bonchev–Trinajstić information content (AvgIpc) is 1.79. The minimum Gasteiger partial charge on any atom is -0.326 e. The smallest absolute Gasteiger partial charge is 0.0938 e. The molecule has 10 heavy (non-hydrogen) atoms. The highest BCUT2D eigenvalue weighted by molar-refractivity contribution is 4.66. The fourth-order valence-corrected chi connectivity index (χ4v) is 1.59. The van der Waals surface area contributed by atoms with Crippen molar-refractivity contribution in [1.82, 2.24) is 4.90 Å². The minimum atomic E-state index is 0.753. The highest BCUT2D eigenvalue weighted by Gasteiger charge is 2.27. The maximum absolute atomic E-state index is 2.43. The van der Waals surface area contributed by atoms with Crippen LogP contribution in [0.15, 0.2) is 0 Å². The van der Waals surface area contributed by atoms with Crippen LogP contribution in [-0.2, 0) is 0 Å². The van der Waals surface area contributed by atoms with Crippen molar-refractivity contribution in [2.45, 2.75) is 13.0 Å². The molecule has 1 fully saturated rings. The van der Waals surface area contributed by atoms with Crippen molar-refractivity contribution in [3.8, 4) is 0 Å². The first-order valence-electron chi connectivity index (χ1n) is 4.03. The second-order valence-corrected chi connectivity index (χ2v) is 4.17. The standard InChI is InChI=1S/C8H19N2/c1-8-7-10(3,4)6-5-9(8)2/h8H,5-7H2,1-4H3/q+1. The van der Waals surface area contributed by atoms with Gasteiger partial charge in [-0.05, 0) is 14.0 Å². The molecule has 0 aromatic carbocycles. The number of rotatable bonds is 0. The van der Waals surface area contributed by atoms with Crippen molar-refractivity contribution in [3.05, 3.63) is 0 Å². The van der Waals surface area contributed by atoms with Crippen LogP contribution in [0.25, 0.3) is 0 Å². The Labute approximate surface area is 64.0 Å². The summed E-state index contributed by atoms with van der Waals surface area (Å²) in [6.07, 6.45) is 0. The van der Waals surface area contributed by atoms with Crippen LogP contribution in [0.2, 0.25) is 0 Å². The summed E-state index contributed by atoms with van der Waals surface area (Å²) in [6, 6.07) is 0.753. The third kappa shape index (κ3) is 1.70. The summed E-state index contributed by atoms with van der Waals surface area (Å²) in [5, 5.41) is 0. The number of nitrogens with zero attached hydrogens (tertiary/aromatic N) is 2. The van der Waals surface area contributed by atoms with E-state index in [4.69, 9.17) is 0 Å². The van der Waals surface area contributed by atoms with Gasteiger partial charge in [0.15, 0.2) is 0 Å². The molecule has 1 atom stereocenters. The molecule has 60 valence electrons. The van der Waals surface area contributed by atoms with E-state index < -0.39 is 0 Å². The molecule has 0 N–H and O–H groups in total. The van der Waals surface area contributed by atoms with E-state index in [0.29, 0.717) is 0 Å². The Morgan fingerprint density at radius 2 is 2.00 bits per heavy atom. The van der Waals surface area contributed by atoms with Crippen LogP contribution in [0.4, 0.5) is 0 Å². The molecular weight excluding hydrogens is 124 g/mol. The van der Waals surface area contributed by atoms with Crippen molar-refractivity contribution >= 4 is 0 Å². The molecule has 0 spiro atoms. The van der Waals surface area contributed by atoms with Gasteiger partial charge in [0.2, 0.25) is 0 Å². The lowest BCUT2D eigenvalue weighted by molar-refractivity contribution is -0.897. The van der Waals surface area contributed by atoms with E-state index in [9.17, 15) is 0 Å². The summed E-state index contributed by atoms with van der Waals surface area (Å²) in [7, 11) is 6.83. The highest BCUT2D eigenvalue weighted by Crippen LogP contribution is 2.10. The summed E-state index contributed by atoms with van der Waals surface area (Å²) in [4.78, 5) is 2.43. The van der Waals surface area contributed by atoms with Crippen molar-refractivity contribution in [2.24, 2.45) is 0 Å². The molecule has 0 bridgehead atoms. The monoisotopic (exact) mass is 143 g/mol. The molecule has 0 amide bonds. The van der Waals surface area contributed by atoms with Gasteiger partial charge in [-0.2, -0.15) is 0 Å². The van der Waals surface area contributed by atoms with Crippen LogP contribution in [0.5, 0.6) is 0 Å². The first kappa shape index (κ1) is 8.02. The molecule has 0 radical (unpaired) electrons. The summed E-state index contributed by atoms with van der Waals surface area (Å²) in [5.74, 6) is 0. The molecule has 1 aliphatic heterocycles. The lowest BCUT2D eigenvalue weighted by Gasteiger charge is -2.41. The van der Waals surface area contributed by atoms with E-state index in [-0.39, 0.29) is 0 Å². The van der Waals surface area contributed by atoms with E-state index in [2.05, 4.69) is 33.0 Å². The topological polar surface area (TPSA) is 3.24 Å². The van der Waals surface area contributed by atoms with Crippen LogP contribution in [0, 0.1) is 0 Å². The van der Waals surface area contributed by atoms with Crippen molar-refractivity contribution in [2.75, 3.05) is 40.8 Å². The lowest BCUT2D eigenvalue weighted by Crippen LogP contribution is -2.57. The number of hydrogen-bond acceptors (Lipinski definition) is 1. The van der Waals surface area contributed by atoms with Crippen LogP contribution >= 0.6 is 0 Å². The van der Waals surface area contributed by atoms with Gasteiger partial charge in [0.25, 0.3) is 0 Å². The number of piperazine rings is 1. The average molecular weight is 143 g/mol. The third-order valence-corrected chi connectivity index (χ3v) is 2.57. The molecule has 0 aliphatic carbocycles. The normalized spacial score (nSPS) is 34.2. The Morgan fingerprint density at radius 1 is 1.40 bits per heavy atom. The summed E-state index contributed by atoms with van der Waals surface area (Å²) < 4.78 is 1.19. The quantitative estimate of drug-likeness (QED) is 0.444. The van der Waals surface area contributed by atoms with Gasteiger partial charge in [0.05, 0.1) is 33.2 Å². The number of hydrogen-bond donors (Lipinski definition) is 0. The van der Waals surface area contributed by atoms with E-state index in [1.807, 2.05) is 0 Å². The molecule has 1 unspecified atom stereocenters.